The molecule has 1 saturated heterocycles. The van der Waals surface area contributed by atoms with Crippen LogP contribution < -0.4 is 10.6 Å². The van der Waals surface area contributed by atoms with Crippen LogP contribution in [0.15, 0.2) is 0 Å². The molecular weight excluding hydrogens is 258 g/mol. The highest BCUT2D eigenvalue weighted by Gasteiger charge is 2.51. The SMILES string of the molecule is CC(C)NCC(O)CN1C(=O)NC2(CCCCC2)C1=O. The van der Waals surface area contributed by atoms with Crippen LogP contribution in [0.4, 0.5) is 4.79 Å². The largest absolute Gasteiger partial charge is 0.390 e. The van der Waals surface area contributed by atoms with Gasteiger partial charge in [0.2, 0.25) is 0 Å². The minimum absolute atomic E-state index is 0.0616. The molecular formula is C14H25N3O3. The summed E-state index contributed by atoms with van der Waals surface area (Å²) >= 11 is 0. The van der Waals surface area contributed by atoms with E-state index in [1.54, 1.807) is 0 Å². The number of hydrogen-bond acceptors (Lipinski definition) is 4. The van der Waals surface area contributed by atoms with Crippen molar-refractivity contribution in [2.45, 2.75) is 63.6 Å². The normalized spacial score (nSPS) is 23.5. The molecule has 3 amide bonds. The molecule has 6 heteroatoms. The van der Waals surface area contributed by atoms with E-state index in [1.807, 2.05) is 13.8 Å². The number of carbonyl (C=O) groups is 2. The van der Waals surface area contributed by atoms with E-state index in [0.29, 0.717) is 19.4 Å². The fraction of sp³-hybridized carbons (Fsp3) is 0.857. The number of rotatable bonds is 5. The lowest BCUT2D eigenvalue weighted by Gasteiger charge is -2.30. The van der Waals surface area contributed by atoms with Gasteiger partial charge in [0.25, 0.3) is 5.91 Å². The van der Waals surface area contributed by atoms with Gasteiger partial charge < -0.3 is 15.7 Å². The number of amides is 3. The summed E-state index contributed by atoms with van der Waals surface area (Å²) in [6.45, 7) is 4.41. The van der Waals surface area contributed by atoms with Gasteiger partial charge in [0, 0.05) is 12.6 Å². The van der Waals surface area contributed by atoms with E-state index in [0.717, 1.165) is 19.3 Å². The molecule has 20 heavy (non-hydrogen) atoms. The Morgan fingerprint density at radius 2 is 1.95 bits per heavy atom. The zero-order chi connectivity index (χ0) is 14.8. The molecule has 1 atom stereocenters. The predicted molar refractivity (Wildman–Crippen MR) is 75.2 cm³/mol. The number of β-amino-alcohol motifs (C(OH)–C–C–N with tert-alkyl or cyclic N) is 1. The van der Waals surface area contributed by atoms with E-state index in [1.165, 1.54) is 4.90 Å². The number of aliphatic hydroxyl groups is 1. The van der Waals surface area contributed by atoms with Gasteiger partial charge in [-0.1, -0.05) is 33.1 Å². The van der Waals surface area contributed by atoms with E-state index in [4.69, 9.17) is 0 Å². The molecule has 1 aliphatic heterocycles. The van der Waals surface area contributed by atoms with Crippen LogP contribution in [0.25, 0.3) is 0 Å². The second kappa shape index (κ2) is 6.10. The summed E-state index contributed by atoms with van der Waals surface area (Å²) in [5.41, 5.74) is -0.694. The Morgan fingerprint density at radius 3 is 2.55 bits per heavy atom. The van der Waals surface area contributed by atoms with Crippen LogP contribution in [0, 0.1) is 0 Å². The molecule has 3 N–H and O–H groups in total. The van der Waals surface area contributed by atoms with E-state index in [2.05, 4.69) is 10.6 Å². The lowest BCUT2D eigenvalue weighted by Crippen LogP contribution is -2.49. The maximum Gasteiger partial charge on any atom is 0.325 e. The molecule has 1 unspecified atom stereocenters. The predicted octanol–water partition coefficient (Wildman–Crippen LogP) is 0.600. The second-order valence-corrected chi connectivity index (χ2v) is 6.21. The molecule has 0 aromatic heterocycles. The Kier molecular flexibility index (Phi) is 4.65. The molecule has 1 saturated carbocycles. The first-order valence-electron chi connectivity index (χ1n) is 7.50. The molecule has 1 heterocycles. The third-order valence-electron chi connectivity index (χ3n) is 4.11. The molecule has 1 spiro atoms. The first-order valence-corrected chi connectivity index (χ1v) is 7.50. The third kappa shape index (κ3) is 3.12. The monoisotopic (exact) mass is 283 g/mol. The number of imide groups is 1. The quantitative estimate of drug-likeness (QED) is 0.645. The Hall–Kier alpha value is -1.14. The molecule has 0 aromatic carbocycles. The first kappa shape index (κ1) is 15.3. The number of carbonyl (C=O) groups excluding carboxylic acids is 2. The van der Waals surface area contributed by atoms with Crippen molar-refractivity contribution in [2.24, 2.45) is 0 Å². The number of aliphatic hydroxyl groups excluding tert-OH is 1. The van der Waals surface area contributed by atoms with E-state index < -0.39 is 11.6 Å². The van der Waals surface area contributed by atoms with E-state index in [-0.39, 0.29) is 24.5 Å². The van der Waals surface area contributed by atoms with E-state index >= 15 is 0 Å². The van der Waals surface area contributed by atoms with Gasteiger partial charge in [-0.3, -0.25) is 9.69 Å². The number of urea groups is 1. The lowest BCUT2D eigenvalue weighted by molar-refractivity contribution is -0.133. The van der Waals surface area contributed by atoms with Gasteiger partial charge in [-0.2, -0.15) is 0 Å². The average molecular weight is 283 g/mol. The zero-order valence-electron chi connectivity index (χ0n) is 12.3. The fourth-order valence-electron chi connectivity index (χ4n) is 2.98. The highest BCUT2D eigenvalue weighted by Crippen LogP contribution is 2.33. The van der Waals surface area contributed by atoms with Gasteiger partial charge in [-0.05, 0) is 12.8 Å². The van der Waals surface area contributed by atoms with Gasteiger partial charge in [0.1, 0.15) is 5.54 Å². The molecule has 6 nitrogen and oxygen atoms in total. The van der Waals surface area contributed by atoms with Crippen LogP contribution in [-0.4, -0.2) is 52.7 Å². The summed E-state index contributed by atoms with van der Waals surface area (Å²) in [6, 6.07) is -0.0991. The Labute approximate surface area is 119 Å². The lowest BCUT2D eigenvalue weighted by atomic mass is 9.82. The van der Waals surface area contributed by atoms with Crippen molar-refractivity contribution in [3.05, 3.63) is 0 Å². The summed E-state index contributed by atoms with van der Waals surface area (Å²) in [7, 11) is 0. The maximum atomic E-state index is 12.5. The van der Waals surface area contributed by atoms with Gasteiger partial charge in [-0.25, -0.2) is 4.79 Å². The number of nitrogens with one attached hydrogen (secondary N) is 2. The van der Waals surface area contributed by atoms with E-state index in [9.17, 15) is 14.7 Å². The molecule has 1 aliphatic carbocycles. The van der Waals surface area contributed by atoms with Crippen molar-refractivity contribution in [3.8, 4) is 0 Å². The summed E-state index contributed by atoms with van der Waals surface area (Å²) in [4.78, 5) is 25.7. The van der Waals surface area contributed by atoms with Crippen molar-refractivity contribution in [1.82, 2.24) is 15.5 Å². The minimum Gasteiger partial charge on any atom is -0.390 e. The summed E-state index contributed by atoms with van der Waals surface area (Å²) in [5, 5.41) is 15.9. The highest BCUT2D eigenvalue weighted by molar-refractivity contribution is 6.07. The Bertz CT molecular complexity index is 378. The van der Waals surface area contributed by atoms with Crippen molar-refractivity contribution in [3.63, 3.8) is 0 Å². The highest BCUT2D eigenvalue weighted by atomic mass is 16.3. The van der Waals surface area contributed by atoms with Gasteiger partial charge in [-0.15, -0.1) is 0 Å². The molecule has 0 aromatic rings. The summed E-state index contributed by atoms with van der Waals surface area (Å²) in [5.74, 6) is -0.161. The third-order valence-corrected chi connectivity index (χ3v) is 4.11. The molecule has 2 fully saturated rings. The smallest absolute Gasteiger partial charge is 0.325 e. The Morgan fingerprint density at radius 1 is 1.30 bits per heavy atom. The van der Waals surface area contributed by atoms with Crippen LogP contribution in [0.3, 0.4) is 0 Å². The molecule has 2 rings (SSSR count). The number of nitrogens with zero attached hydrogens (tertiary/aromatic N) is 1. The zero-order valence-corrected chi connectivity index (χ0v) is 12.3. The first-order chi connectivity index (χ1) is 9.44. The fourth-order valence-corrected chi connectivity index (χ4v) is 2.98. The molecule has 114 valence electrons. The van der Waals surface area contributed by atoms with Crippen LogP contribution in [0.2, 0.25) is 0 Å². The van der Waals surface area contributed by atoms with Crippen molar-refractivity contribution < 1.29 is 14.7 Å². The maximum absolute atomic E-state index is 12.5. The van der Waals surface area contributed by atoms with Crippen LogP contribution in [0.1, 0.15) is 46.0 Å². The molecule has 0 bridgehead atoms. The minimum atomic E-state index is -0.731. The van der Waals surface area contributed by atoms with Gasteiger partial charge in [0.15, 0.2) is 0 Å². The second-order valence-electron chi connectivity index (χ2n) is 6.21. The molecule has 0 radical (unpaired) electrons. The van der Waals surface area contributed by atoms with Crippen molar-refractivity contribution in [1.29, 1.82) is 0 Å². The summed E-state index contributed by atoms with van der Waals surface area (Å²) in [6.07, 6.45) is 3.76. The van der Waals surface area contributed by atoms with Crippen LogP contribution in [-0.2, 0) is 4.79 Å². The topological polar surface area (TPSA) is 81.7 Å². The molecule has 2 aliphatic rings. The summed E-state index contributed by atoms with van der Waals surface area (Å²) < 4.78 is 0. The van der Waals surface area contributed by atoms with Gasteiger partial charge >= 0.3 is 6.03 Å². The standard InChI is InChI=1S/C14H25N3O3/c1-10(2)15-8-11(18)9-17-12(19)14(16-13(17)20)6-4-3-5-7-14/h10-11,15,18H,3-9H2,1-2H3,(H,16,20). The van der Waals surface area contributed by atoms with Crippen molar-refractivity contribution in [2.75, 3.05) is 13.1 Å². The number of hydrogen-bond donors (Lipinski definition) is 3. The van der Waals surface area contributed by atoms with Crippen molar-refractivity contribution >= 4 is 11.9 Å². The Balaban J connectivity index is 1.95. The van der Waals surface area contributed by atoms with Gasteiger partial charge in [0.05, 0.1) is 12.6 Å². The van der Waals surface area contributed by atoms with Crippen LogP contribution in [0.5, 0.6) is 0 Å². The van der Waals surface area contributed by atoms with Crippen LogP contribution >= 0.6 is 0 Å². The average Bonchev–Trinajstić information content (AvgIpc) is 2.62.